The van der Waals surface area contributed by atoms with E-state index in [1.54, 1.807) is 24.3 Å². The van der Waals surface area contributed by atoms with Crippen molar-refractivity contribution < 1.29 is 9.59 Å². The largest absolute Gasteiger partial charge is 0.325 e. The van der Waals surface area contributed by atoms with Crippen molar-refractivity contribution in [1.29, 1.82) is 0 Å². The maximum absolute atomic E-state index is 11.9. The first kappa shape index (κ1) is 18.7. The Labute approximate surface area is 153 Å². The molecule has 1 aromatic carbocycles. The molecule has 0 unspecified atom stereocenters. The lowest BCUT2D eigenvalue weighted by atomic mass is 10.2. The molecule has 0 aliphatic heterocycles. The summed E-state index contributed by atoms with van der Waals surface area (Å²) < 4.78 is 0.627. The minimum absolute atomic E-state index is 0.0664. The molecule has 2 N–H and O–H groups in total. The Hall–Kier alpha value is -1.64. The van der Waals surface area contributed by atoms with Gasteiger partial charge in [0.05, 0.1) is 5.75 Å². The van der Waals surface area contributed by atoms with E-state index in [0.717, 1.165) is 12.8 Å². The quantitative estimate of drug-likeness (QED) is 0.529. The fourth-order valence-corrected chi connectivity index (χ4v) is 3.49. The zero-order valence-corrected chi connectivity index (χ0v) is 15.4. The predicted molar refractivity (Wildman–Crippen MR) is 98.9 cm³/mol. The zero-order valence-electron chi connectivity index (χ0n) is 13.0. The number of aromatic nitrogens is 2. The Morgan fingerprint density at radius 2 is 2.08 bits per heavy atom. The van der Waals surface area contributed by atoms with Gasteiger partial charge in [0.1, 0.15) is 0 Å². The van der Waals surface area contributed by atoms with E-state index in [4.69, 9.17) is 11.6 Å². The van der Waals surface area contributed by atoms with Crippen LogP contribution in [0.5, 0.6) is 0 Å². The maximum Gasteiger partial charge on any atom is 0.234 e. The van der Waals surface area contributed by atoms with Gasteiger partial charge in [-0.15, -0.1) is 10.2 Å². The lowest BCUT2D eigenvalue weighted by Gasteiger charge is -2.04. The summed E-state index contributed by atoms with van der Waals surface area (Å²) in [4.78, 5) is 23.5. The van der Waals surface area contributed by atoms with Crippen molar-refractivity contribution in [3.05, 3.63) is 29.3 Å². The van der Waals surface area contributed by atoms with E-state index in [0.29, 0.717) is 26.6 Å². The van der Waals surface area contributed by atoms with Crippen LogP contribution in [0.15, 0.2) is 28.6 Å². The number of carbonyl (C=O) groups excluding carboxylic acids is 2. The van der Waals surface area contributed by atoms with E-state index in [-0.39, 0.29) is 17.6 Å². The number of hydrogen-bond acceptors (Lipinski definition) is 6. The fraction of sp³-hybridized carbons (Fsp3) is 0.333. The van der Waals surface area contributed by atoms with Crippen LogP contribution in [0.25, 0.3) is 0 Å². The molecule has 6 nitrogen and oxygen atoms in total. The van der Waals surface area contributed by atoms with Crippen LogP contribution < -0.4 is 10.6 Å². The molecule has 0 aliphatic rings. The average Bonchev–Trinajstić information content (AvgIpc) is 2.98. The molecule has 0 saturated carbocycles. The highest BCUT2D eigenvalue weighted by atomic mass is 35.5. The predicted octanol–water partition coefficient (Wildman–Crippen LogP) is 4.05. The van der Waals surface area contributed by atoms with Crippen molar-refractivity contribution in [2.75, 3.05) is 16.4 Å². The van der Waals surface area contributed by atoms with Crippen molar-refractivity contribution in [1.82, 2.24) is 10.2 Å². The Morgan fingerprint density at radius 3 is 2.83 bits per heavy atom. The summed E-state index contributed by atoms with van der Waals surface area (Å²) in [6.45, 7) is 2.03. The van der Waals surface area contributed by atoms with Gasteiger partial charge in [0, 0.05) is 17.1 Å². The van der Waals surface area contributed by atoms with Gasteiger partial charge >= 0.3 is 0 Å². The molecule has 0 fully saturated rings. The molecule has 2 rings (SSSR count). The highest BCUT2D eigenvalue weighted by Crippen LogP contribution is 2.26. The summed E-state index contributed by atoms with van der Waals surface area (Å²) in [5.41, 5.74) is 0.647. The molecule has 2 amide bonds. The van der Waals surface area contributed by atoms with Gasteiger partial charge < -0.3 is 10.6 Å². The van der Waals surface area contributed by atoms with Crippen LogP contribution in [0.4, 0.5) is 10.8 Å². The van der Waals surface area contributed by atoms with E-state index in [1.807, 2.05) is 6.92 Å². The number of benzene rings is 1. The molecule has 9 heteroatoms. The van der Waals surface area contributed by atoms with Gasteiger partial charge in [-0.1, -0.05) is 54.1 Å². The molecular weight excluding hydrogens is 368 g/mol. The third-order valence-corrected chi connectivity index (χ3v) is 5.05. The molecule has 24 heavy (non-hydrogen) atoms. The molecule has 1 aromatic heterocycles. The van der Waals surface area contributed by atoms with Crippen LogP contribution in [0.2, 0.25) is 5.02 Å². The van der Waals surface area contributed by atoms with E-state index in [9.17, 15) is 9.59 Å². The Morgan fingerprint density at radius 1 is 1.25 bits per heavy atom. The summed E-state index contributed by atoms with van der Waals surface area (Å²) in [6.07, 6.45) is 2.28. The Bertz CT molecular complexity index is 708. The highest BCUT2D eigenvalue weighted by Gasteiger charge is 2.10. The first-order valence-corrected chi connectivity index (χ1v) is 9.56. The second-order valence-electron chi connectivity index (χ2n) is 4.87. The number of nitrogens with zero attached hydrogens (tertiary/aromatic N) is 2. The number of unbranched alkanes of at least 4 members (excludes halogenated alkanes) is 1. The molecular formula is C15H17ClN4O2S2. The van der Waals surface area contributed by atoms with Gasteiger partial charge in [0.15, 0.2) is 4.34 Å². The molecule has 0 atom stereocenters. The number of amides is 2. The van der Waals surface area contributed by atoms with Crippen LogP contribution in [0.1, 0.15) is 26.2 Å². The molecule has 2 aromatic rings. The van der Waals surface area contributed by atoms with Crippen LogP contribution in [-0.4, -0.2) is 27.8 Å². The van der Waals surface area contributed by atoms with Crippen molar-refractivity contribution in [3.8, 4) is 0 Å². The molecule has 0 saturated heterocycles. The summed E-state index contributed by atoms with van der Waals surface area (Å²) in [6, 6.07) is 6.95. The fourth-order valence-electron chi connectivity index (χ4n) is 1.73. The zero-order chi connectivity index (χ0) is 17.4. The maximum atomic E-state index is 11.9. The normalized spacial score (nSPS) is 10.4. The van der Waals surface area contributed by atoms with E-state index < -0.39 is 0 Å². The first-order valence-electron chi connectivity index (χ1n) is 7.38. The third-order valence-electron chi connectivity index (χ3n) is 2.85. The van der Waals surface area contributed by atoms with Crippen molar-refractivity contribution in [2.45, 2.75) is 30.5 Å². The highest BCUT2D eigenvalue weighted by molar-refractivity contribution is 8.01. The molecule has 128 valence electrons. The third kappa shape index (κ3) is 6.46. The number of hydrogen-bond donors (Lipinski definition) is 2. The average molecular weight is 385 g/mol. The molecule has 0 radical (unpaired) electrons. The Balaban J connectivity index is 1.78. The number of halogens is 1. The topological polar surface area (TPSA) is 84.0 Å². The van der Waals surface area contributed by atoms with Gasteiger partial charge in [-0.25, -0.2) is 0 Å². The second-order valence-corrected chi connectivity index (χ2v) is 7.51. The number of carbonyl (C=O) groups is 2. The van der Waals surface area contributed by atoms with Crippen molar-refractivity contribution in [2.24, 2.45) is 0 Å². The second kappa shape index (κ2) is 9.61. The SMILES string of the molecule is CCCCC(=O)Nc1nnc(SCC(=O)Nc2cccc(Cl)c2)s1. The van der Waals surface area contributed by atoms with E-state index >= 15 is 0 Å². The minimum atomic E-state index is -0.161. The number of nitrogens with one attached hydrogen (secondary N) is 2. The van der Waals surface area contributed by atoms with Crippen molar-refractivity contribution >= 4 is 57.3 Å². The molecule has 0 spiro atoms. The Kier molecular flexibility index (Phi) is 7.48. The van der Waals surface area contributed by atoms with Gasteiger partial charge in [0.2, 0.25) is 16.9 Å². The summed E-state index contributed by atoms with van der Waals surface area (Å²) in [7, 11) is 0. The van der Waals surface area contributed by atoms with E-state index in [1.165, 1.54) is 23.1 Å². The molecule has 0 bridgehead atoms. The van der Waals surface area contributed by atoms with Gasteiger partial charge in [-0.2, -0.15) is 0 Å². The van der Waals surface area contributed by atoms with Gasteiger partial charge in [0.25, 0.3) is 0 Å². The lowest BCUT2D eigenvalue weighted by Crippen LogP contribution is -2.13. The monoisotopic (exact) mass is 384 g/mol. The number of rotatable bonds is 8. The van der Waals surface area contributed by atoms with Crippen LogP contribution in [-0.2, 0) is 9.59 Å². The minimum Gasteiger partial charge on any atom is -0.325 e. The van der Waals surface area contributed by atoms with Gasteiger partial charge in [-0.05, 0) is 24.6 Å². The van der Waals surface area contributed by atoms with Crippen LogP contribution in [0, 0.1) is 0 Å². The first-order chi connectivity index (χ1) is 11.6. The van der Waals surface area contributed by atoms with Gasteiger partial charge in [-0.3, -0.25) is 9.59 Å². The van der Waals surface area contributed by atoms with E-state index in [2.05, 4.69) is 20.8 Å². The van der Waals surface area contributed by atoms with Crippen LogP contribution >= 0.6 is 34.7 Å². The standard InChI is InChI=1S/C15H17ClN4O2S2/c1-2-3-7-12(21)18-14-19-20-15(24-14)23-9-13(22)17-11-6-4-5-10(16)8-11/h4-6,8H,2-3,7,9H2,1H3,(H,17,22)(H,18,19,21). The molecule has 1 heterocycles. The smallest absolute Gasteiger partial charge is 0.234 e. The number of anilines is 2. The van der Waals surface area contributed by atoms with Crippen LogP contribution in [0.3, 0.4) is 0 Å². The summed E-state index contributed by atoms with van der Waals surface area (Å²) >= 11 is 8.39. The lowest BCUT2D eigenvalue weighted by molar-refractivity contribution is -0.116. The van der Waals surface area contributed by atoms with Crippen molar-refractivity contribution in [3.63, 3.8) is 0 Å². The molecule has 0 aliphatic carbocycles. The summed E-state index contributed by atoms with van der Waals surface area (Å²) in [5.74, 6) is -0.0282. The number of thioether (sulfide) groups is 1. The summed E-state index contributed by atoms with van der Waals surface area (Å²) in [5, 5.41) is 14.3.